The van der Waals surface area contributed by atoms with Crippen molar-refractivity contribution in [3.63, 3.8) is 0 Å². The van der Waals surface area contributed by atoms with Crippen molar-refractivity contribution in [2.45, 2.75) is 45.4 Å². The van der Waals surface area contributed by atoms with E-state index in [1.807, 2.05) is 0 Å². The van der Waals surface area contributed by atoms with Crippen molar-refractivity contribution < 1.29 is 5.11 Å². The summed E-state index contributed by atoms with van der Waals surface area (Å²) in [5, 5.41) is 8.42. The first-order valence-electron chi connectivity index (χ1n) is 4.02. The normalized spacial score (nSPS) is 9.00. The Kier molecular flexibility index (Phi) is 17.7. The van der Waals surface area contributed by atoms with E-state index in [-0.39, 0.29) is 37.7 Å². The third kappa shape index (κ3) is 12.0. The molecule has 0 rings (SSSR count). The Hall–Kier alpha value is 1.22. The topological polar surface area (TPSA) is 20.2 Å². The molecule has 0 aromatic carbocycles. The predicted octanol–water partition coefficient (Wildman–Crippen LogP) is 1.96. The van der Waals surface area contributed by atoms with Gasteiger partial charge in [-0.1, -0.05) is 39.0 Å². The molecule has 0 spiro atoms. The van der Waals surface area contributed by atoms with Gasteiger partial charge in [0, 0.05) is 44.3 Å². The molecule has 0 saturated heterocycles. The van der Waals surface area contributed by atoms with Crippen molar-refractivity contribution in [3.8, 4) is 0 Å². The van der Waals surface area contributed by atoms with E-state index in [4.69, 9.17) is 5.11 Å². The molecule has 58 valence electrons. The van der Waals surface area contributed by atoms with Crippen LogP contribution in [-0.4, -0.2) is 49.5 Å². The zero-order chi connectivity index (χ0) is 6.95. The van der Waals surface area contributed by atoms with Crippen molar-refractivity contribution in [1.29, 1.82) is 0 Å². The van der Waals surface area contributed by atoms with Crippen LogP contribution in [0.5, 0.6) is 0 Å². The number of hydrogen-bond donors (Lipinski definition) is 1. The molecule has 0 aromatic rings. The molecule has 0 unspecified atom stereocenters. The van der Waals surface area contributed by atoms with Crippen molar-refractivity contribution in [1.82, 2.24) is 0 Å². The van der Waals surface area contributed by atoms with Crippen molar-refractivity contribution >= 4 is 37.7 Å². The third-order valence-corrected chi connectivity index (χ3v) is 1.51. The zero-order valence-electron chi connectivity index (χ0n) is 7.10. The second-order valence-electron chi connectivity index (χ2n) is 2.49. The van der Waals surface area contributed by atoms with Crippen LogP contribution in [0.2, 0.25) is 0 Å². The van der Waals surface area contributed by atoms with Crippen LogP contribution >= 0.6 is 0 Å². The monoisotopic (exact) mass is 170 g/mol. The molecule has 0 aliphatic rings. The van der Waals surface area contributed by atoms with Crippen LogP contribution in [0.4, 0.5) is 0 Å². The molecular formula is C8H18CaO. The second kappa shape index (κ2) is 12.9. The van der Waals surface area contributed by atoms with Gasteiger partial charge in [-0.15, -0.1) is 0 Å². The maximum Gasteiger partial charge on any atom is 0.0431 e. The minimum absolute atomic E-state index is 0. The number of hydrogen-bond acceptors (Lipinski definition) is 1. The zero-order valence-corrected chi connectivity index (χ0v) is 9.31. The summed E-state index contributed by atoms with van der Waals surface area (Å²) < 4.78 is 0. The molecule has 0 atom stereocenters. The van der Waals surface area contributed by atoms with E-state index in [1.165, 1.54) is 32.1 Å². The summed E-state index contributed by atoms with van der Waals surface area (Å²) in [6.07, 6.45) is 7.50. The van der Waals surface area contributed by atoms with Gasteiger partial charge in [0.05, 0.1) is 0 Å². The first-order chi connectivity index (χ1) is 4.41. The summed E-state index contributed by atoms with van der Waals surface area (Å²) in [5.74, 6) is 0. The summed E-state index contributed by atoms with van der Waals surface area (Å²) in [7, 11) is 0. The maximum atomic E-state index is 8.42. The number of unbranched alkanes of at least 4 members (excludes halogenated alkanes) is 5. The molecule has 0 aliphatic carbocycles. The summed E-state index contributed by atoms with van der Waals surface area (Å²) in [5.41, 5.74) is 0. The molecule has 0 aliphatic heterocycles. The molecule has 0 amide bonds. The van der Waals surface area contributed by atoms with Crippen LogP contribution in [-0.2, 0) is 0 Å². The van der Waals surface area contributed by atoms with Gasteiger partial charge in [-0.3, -0.25) is 0 Å². The molecule has 0 bridgehead atoms. The number of aliphatic hydroxyl groups is 1. The van der Waals surface area contributed by atoms with Gasteiger partial charge in [-0.25, -0.2) is 0 Å². The molecule has 0 heterocycles. The Labute approximate surface area is 94.2 Å². The molecule has 10 heavy (non-hydrogen) atoms. The predicted molar refractivity (Wildman–Crippen MR) is 46.2 cm³/mol. The van der Waals surface area contributed by atoms with Gasteiger partial charge in [0.1, 0.15) is 0 Å². The smallest absolute Gasteiger partial charge is 0.0431 e. The molecule has 2 radical (unpaired) electrons. The summed E-state index contributed by atoms with van der Waals surface area (Å²) in [4.78, 5) is 0. The fraction of sp³-hybridized carbons (Fsp3) is 1.00. The first-order valence-corrected chi connectivity index (χ1v) is 4.02. The van der Waals surface area contributed by atoms with Gasteiger partial charge >= 0.3 is 0 Å². The quantitative estimate of drug-likeness (QED) is 0.477. The van der Waals surface area contributed by atoms with Gasteiger partial charge in [0.2, 0.25) is 0 Å². The second-order valence-corrected chi connectivity index (χ2v) is 2.49. The van der Waals surface area contributed by atoms with E-state index in [2.05, 4.69) is 6.92 Å². The third-order valence-electron chi connectivity index (χ3n) is 1.51. The van der Waals surface area contributed by atoms with E-state index >= 15 is 0 Å². The van der Waals surface area contributed by atoms with Crippen LogP contribution in [0.3, 0.4) is 0 Å². The van der Waals surface area contributed by atoms with Crippen LogP contribution in [0.25, 0.3) is 0 Å². The molecule has 0 fully saturated rings. The fourth-order valence-corrected chi connectivity index (χ4v) is 0.892. The molecular weight excluding hydrogens is 152 g/mol. The maximum absolute atomic E-state index is 8.42. The van der Waals surface area contributed by atoms with Crippen LogP contribution in [0, 0.1) is 0 Å². The average molecular weight is 170 g/mol. The minimum Gasteiger partial charge on any atom is -0.396 e. The Bertz CT molecular complexity index is 42.5. The van der Waals surface area contributed by atoms with Gasteiger partial charge in [-0.2, -0.15) is 0 Å². The SMILES string of the molecule is CCCCCCCCO.[Ca]. The van der Waals surface area contributed by atoms with E-state index in [1.54, 1.807) is 0 Å². The van der Waals surface area contributed by atoms with Crippen LogP contribution < -0.4 is 0 Å². The van der Waals surface area contributed by atoms with E-state index in [0.29, 0.717) is 6.61 Å². The van der Waals surface area contributed by atoms with E-state index in [9.17, 15) is 0 Å². The molecule has 2 heteroatoms. The summed E-state index contributed by atoms with van der Waals surface area (Å²) in [6, 6.07) is 0. The van der Waals surface area contributed by atoms with Gasteiger partial charge in [0.15, 0.2) is 0 Å². The minimum atomic E-state index is 0. The largest absolute Gasteiger partial charge is 0.396 e. The van der Waals surface area contributed by atoms with Crippen LogP contribution in [0.15, 0.2) is 0 Å². The van der Waals surface area contributed by atoms with E-state index < -0.39 is 0 Å². The fourth-order valence-electron chi connectivity index (χ4n) is 0.892. The number of aliphatic hydroxyl groups excluding tert-OH is 1. The van der Waals surface area contributed by atoms with Crippen molar-refractivity contribution in [2.24, 2.45) is 0 Å². The average Bonchev–Trinajstić information content (AvgIpc) is 1.89. The Morgan fingerprint density at radius 1 is 0.900 bits per heavy atom. The first kappa shape index (κ1) is 13.8. The van der Waals surface area contributed by atoms with Crippen LogP contribution in [0.1, 0.15) is 45.4 Å². The van der Waals surface area contributed by atoms with Crippen molar-refractivity contribution in [3.05, 3.63) is 0 Å². The molecule has 1 N–H and O–H groups in total. The Balaban J connectivity index is 0. The Morgan fingerprint density at radius 3 is 1.90 bits per heavy atom. The molecule has 0 aromatic heterocycles. The van der Waals surface area contributed by atoms with E-state index in [0.717, 1.165) is 6.42 Å². The Morgan fingerprint density at radius 2 is 1.40 bits per heavy atom. The standard InChI is InChI=1S/C8H18O.Ca/c1-2-3-4-5-6-7-8-9;/h9H,2-8H2,1H3;. The molecule has 1 nitrogen and oxygen atoms in total. The molecule has 0 saturated carbocycles. The van der Waals surface area contributed by atoms with Gasteiger partial charge in [-0.05, 0) is 6.42 Å². The summed E-state index contributed by atoms with van der Waals surface area (Å²) in [6.45, 7) is 2.58. The number of rotatable bonds is 6. The van der Waals surface area contributed by atoms with Crippen molar-refractivity contribution in [2.75, 3.05) is 6.61 Å². The van der Waals surface area contributed by atoms with Gasteiger partial charge < -0.3 is 5.11 Å². The van der Waals surface area contributed by atoms with Gasteiger partial charge in [0.25, 0.3) is 0 Å². The summed E-state index contributed by atoms with van der Waals surface area (Å²) >= 11 is 0.